The molecule has 0 aliphatic carbocycles. The second-order valence-electron chi connectivity index (χ2n) is 9.44. The summed E-state index contributed by atoms with van der Waals surface area (Å²) in [6.07, 6.45) is 4.70. The van der Waals surface area contributed by atoms with Crippen LogP contribution in [0.4, 0.5) is 11.8 Å². The third kappa shape index (κ3) is 5.30. The van der Waals surface area contributed by atoms with Gasteiger partial charge in [-0.25, -0.2) is 0 Å². The van der Waals surface area contributed by atoms with Gasteiger partial charge in [-0.2, -0.15) is 9.97 Å². The van der Waals surface area contributed by atoms with Crippen molar-refractivity contribution in [3.8, 4) is 11.3 Å². The van der Waals surface area contributed by atoms with E-state index in [9.17, 15) is 5.11 Å². The molecule has 4 aromatic rings. The molecule has 3 aromatic heterocycles. The number of aliphatic hydroxyl groups excluding tert-OH is 1. The van der Waals surface area contributed by atoms with Crippen molar-refractivity contribution < 1.29 is 5.11 Å². The number of pyridine rings is 1. The van der Waals surface area contributed by atoms with Crippen molar-refractivity contribution in [3.05, 3.63) is 66.5 Å². The van der Waals surface area contributed by atoms with Gasteiger partial charge >= 0.3 is 0 Å². The molecular weight excluding hydrogens is 436 g/mol. The maximum absolute atomic E-state index is 10.0. The van der Waals surface area contributed by atoms with Gasteiger partial charge in [0.25, 0.3) is 0 Å². The Morgan fingerprint density at radius 2 is 1.77 bits per heavy atom. The lowest BCUT2D eigenvalue weighted by molar-refractivity contribution is 0.250. The molecule has 0 fully saturated rings. The molecule has 7 heteroatoms. The Labute approximate surface area is 207 Å². The lowest BCUT2D eigenvalue weighted by Gasteiger charge is -2.34. The summed E-state index contributed by atoms with van der Waals surface area (Å²) in [5.74, 6) is 1.44. The quantitative estimate of drug-likeness (QED) is 0.309. The van der Waals surface area contributed by atoms with E-state index in [0.29, 0.717) is 12.5 Å². The number of aromatic nitrogens is 4. The Morgan fingerprint density at radius 3 is 2.37 bits per heavy atom. The molecule has 0 radical (unpaired) electrons. The maximum atomic E-state index is 10.0. The average Bonchev–Trinajstić information content (AvgIpc) is 3.31. The summed E-state index contributed by atoms with van der Waals surface area (Å²) in [6, 6.07) is 16.8. The van der Waals surface area contributed by atoms with Crippen LogP contribution in [-0.4, -0.2) is 43.3 Å². The van der Waals surface area contributed by atoms with E-state index in [1.54, 1.807) is 0 Å². The molecule has 7 nitrogen and oxygen atoms in total. The van der Waals surface area contributed by atoms with Crippen molar-refractivity contribution in [2.75, 3.05) is 16.8 Å². The van der Waals surface area contributed by atoms with Gasteiger partial charge in [0.2, 0.25) is 5.95 Å². The summed E-state index contributed by atoms with van der Waals surface area (Å²) in [4.78, 5) is 16.5. The number of hydrogen-bond acceptors (Lipinski definition) is 6. The third-order valence-electron chi connectivity index (χ3n) is 6.35. The van der Waals surface area contributed by atoms with Gasteiger partial charge in [-0.05, 0) is 57.9 Å². The Bertz CT molecular complexity index is 1230. The molecule has 3 heterocycles. The smallest absolute Gasteiger partial charge is 0.229 e. The number of anilines is 2. The second-order valence-corrected chi connectivity index (χ2v) is 9.44. The largest absolute Gasteiger partial charge is 0.394 e. The fourth-order valence-corrected chi connectivity index (χ4v) is 4.43. The summed E-state index contributed by atoms with van der Waals surface area (Å²) < 4.78 is 2.17. The van der Waals surface area contributed by atoms with Gasteiger partial charge in [-0.15, -0.1) is 0 Å². The number of nitrogens with zero attached hydrogens (tertiary/aromatic N) is 5. The number of benzene rings is 1. The van der Waals surface area contributed by atoms with E-state index < -0.39 is 0 Å². The fraction of sp³-hybridized carbons (Fsp3) is 0.393. The first-order valence-electron chi connectivity index (χ1n) is 12.4. The van der Waals surface area contributed by atoms with Crippen molar-refractivity contribution >= 4 is 22.8 Å². The summed E-state index contributed by atoms with van der Waals surface area (Å²) >= 11 is 0. The molecule has 184 valence electrons. The van der Waals surface area contributed by atoms with Gasteiger partial charge in [-0.3, -0.25) is 4.98 Å². The first-order valence-corrected chi connectivity index (χ1v) is 12.4. The van der Waals surface area contributed by atoms with Gasteiger partial charge in [0.1, 0.15) is 11.5 Å². The Morgan fingerprint density at radius 1 is 1.00 bits per heavy atom. The summed E-state index contributed by atoms with van der Waals surface area (Å²) in [5.41, 5.74) is 4.12. The van der Waals surface area contributed by atoms with E-state index in [0.717, 1.165) is 40.1 Å². The van der Waals surface area contributed by atoms with Crippen LogP contribution in [0.1, 0.15) is 52.6 Å². The van der Waals surface area contributed by atoms with E-state index in [-0.39, 0.29) is 24.7 Å². The van der Waals surface area contributed by atoms with Crippen LogP contribution in [0.15, 0.2) is 60.9 Å². The maximum Gasteiger partial charge on any atom is 0.229 e. The molecule has 4 rings (SSSR count). The number of rotatable bonds is 10. The molecule has 35 heavy (non-hydrogen) atoms. The van der Waals surface area contributed by atoms with Crippen LogP contribution in [0.5, 0.6) is 0 Å². The lowest BCUT2D eigenvalue weighted by atomic mass is 10.1. The fourth-order valence-electron chi connectivity index (χ4n) is 4.43. The predicted molar refractivity (Wildman–Crippen MR) is 144 cm³/mol. The minimum absolute atomic E-state index is 0.0399. The normalized spacial score (nSPS) is 12.5. The third-order valence-corrected chi connectivity index (χ3v) is 6.35. The van der Waals surface area contributed by atoms with Gasteiger partial charge in [0.05, 0.1) is 23.7 Å². The zero-order chi connectivity index (χ0) is 24.9. The molecule has 0 amide bonds. The second kappa shape index (κ2) is 10.9. The van der Waals surface area contributed by atoms with Crippen molar-refractivity contribution in [1.29, 1.82) is 0 Å². The van der Waals surface area contributed by atoms with Crippen molar-refractivity contribution in [2.24, 2.45) is 0 Å². The first kappa shape index (κ1) is 24.7. The summed E-state index contributed by atoms with van der Waals surface area (Å²) in [5, 5.41) is 14.6. The Kier molecular flexibility index (Phi) is 7.66. The molecule has 0 aliphatic heterocycles. The Balaban J connectivity index is 1.67. The molecule has 1 atom stereocenters. The molecule has 1 aromatic carbocycles. The summed E-state index contributed by atoms with van der Waals surface area (Å²) in [6.45, 7) is 11.3. The minimum atomic E-state index is -0.0399. The summed E-state index contributed by atoms with van der Waals surface area (Å²) in [7, 11) is 0. The van der Waals surface area contributed by atoms with Crippen LogP contribution in [0, 0.1) is 0 Å². The van der Waals surface area contributed by atoms with E-state index >= 15 is 0 Å². The van der Waals surface area contributed by atoms with Gasteiger partial charge < -0.3 is 19.9 Å². The highest BCUT2D eigenvalue weighted by atomic mass is 16.3. The molecular formula is C28H36N6O. The standard InChI is InChI=1S/C28H36N6O/c1-6-23(18-35)34(20(4)5)28-31-26(24-14-16-33(19(2)3)27(24)32-28)30-17-21-10-12-22(13-11-21)25-9-7-8-15-29-25/h7-16,19-20,23,35H,6,17-18H2,1-5H3,(H,30,31,32)/t23-/m1/s1. The van der Waals surface area contributed by atoms with Crippen molar-refractivity contribution in [3.63, 3.8) is 0 Å². The monoisotopic (exact) mass is 472 g/mol. The number of hydrogen-bond donors (Lipinski definition) is 2. The van der Waals surface area contributed by atoms with Crippen LogP contribution < -0.4 is 10.2 Å². The van der Waals surface area contributed by atoms with Crippen LogP contribution >= 0.6 is 0 Å². The predicted octanol–water partition coefficient (Wildman–Crippen LogP) is 5.67. The van der Waals surface area contributed by atoms with Gasteiger partial charge in [0.15, 0.2) is 0 Å². The highest BCUT2D eigenvalue weighted by molar-refractivity contribution is 5.89. The van der Waals surface area contributed by atoms with Crippen molar-refractivity contribution in [1.82, 2.24) is 19.5 Å². The molecule has 0 unspecified atom stereocenters. The number of aliphatic hydroxyl groups is 1. The topological polar surface area (TPSA) is 79.1 Å². The molecule has 0 aliphatic rings. The minimum Gasteiger partial charge on any atom is -0.394 e. The molecule has 0 saturated carbocycles. The average molecular weight is 473 g/mol. The SMILES string of the molecule is CC[C@H](CO)N(c1nc(NCc2ccc(-c3ccccn3)cc2)c2ccn(C(C)C)c2n1)C(C)C. The zero-order valence-corrected chi connectivity index (χ0v) is 21.3. The molecule has 2 N–H and O–H groups in total. The van der Waals surface area contributed by atoms with Crippen LogP contribution in [0.2, 0.25) is 0 Å². The first-order chi connectivity index (χ1) is 16.9. The van der Waals surface area contributed by atoms with E-state index in [1.165, 1.54) is 0 Å². The van der Waals surface area contributed by atoms with Crippen LogP contribution in [0.3, 0.4) is 0 Å². The zero-order valence-electron chi connectivity index (χ0n) is 21.3. The lowest BCUT2D eigenvalue weighted by Crippen LogP contribution is -2.43. The number of fused-ring (bicyclic) bond motifs is 1. The highest BCUT2D eigenvalue weighted by Crippen LogP contribution is 2.29. The van der Waals surface area contributed by atoms with Crippen LogP contribution in [-0.2, 0) is 6.54 Å². The van der Waals surface area contributed by atoms with E-state index in [4.69, 9.17) is 9.97 Å². The van der Waals surface area contributed by atoms with E-state index in [1.807, 2.05) is 24.4 Å². The highest BCUT2D eigenvalue weighted by Gasteiger charge is 2.24. The van der Waals surface area contributed by atoms with Gasteiger partial charge in [0, 0.05) is 36.6 Å². The van der Waals surface area contributed by atoms with Crippen LogP contribution in [0.25, 0.3) is 22.3 Å². The van der Waals surface area contributed by atoms with E-state index in [2.05, 4.69) is 90.9 Å². The molecule has 0 saturated heterocycles. The van der Waals surface area contributed by atoms with Crippen molar-refractivity contribution in [2.45, 2.75) is 65.7 Å². The number of nitrogens with one attached hydrogen (secondary N) is 1. The molecule has 0 bridgehead atoms. The van der Waals surface area contributed by atoms with Gasteiger partial charge in [-0.1, -0.05) is 37.3 Å². The Hall–Kier alpha value is -3.45. The molecule has 0 spiro atoms.